The molecule has 3 aliphatic rings. The number of amides is 3. The van der Waals surface area contributed by atoms with Gasteiger partial charge in [0.2, 0.25) is 17.7 Å². The second-order valence-corrected chi connectivity index (χ2v) is 11.3. The maximum absolute atomic E-state index is 14.3. The minimum absolute atomic E-state index is 0.0807. The number of ether oxygens (including phenoxy) is 1. The SMILES string of the molecule is C=CCN(C)C(=O)[C@@H]1[C@H]2C(=O)N([C@@H](CO)C(C)C)C(C(=O)N(CC=C)CCCCC)C23CC[C@@]1(C)O3. The van der Waals surface area contributed by atoms with Crippen LogP contribution in [-0.4, -0.2) is 94.1 Å². The van der Waals surface area contributed by atoms with E-state index in [9.17, 15) is 19.5 Å². The average Bonchev–Trinajstić information content (AvgIpc) is 3.39. The molecule has 3 heterocycles. The Morgan fingerprint density at radius 2 is 1.86 bits per heavy atom. The number of unbranched alkanes of at least 4 members (excludes halogenated alkanes) is 2. The summed E-state index contributed by atoms with van der Waals surface area (Å²) in [6.45, 7) is 16.5. The highest BCUT2D eigenvalue weighted by Gasteiger charge is 2.78. The van der Waals surface area contributed by atoms with Gasteiger partial charge in [0, 0.05) is 26.7 Å². The highest BCUT2D eigenvalue weighted by atomic mass is 16.5. The number of carbonyl (C=O) groups is 3. The Labute approximate surface area is 216 Å². The fourth-order valence-corrected chi connectivity index (χ4v) is 6.69. The topological polar surface area (TPSA) is 90.4 Å². The van der Waals surface area contributed by atoms with Gasteiger partial charge in [-0.05, 0) is 32.1 Å². The number of rotatable bonds is 13. The van der Waals surface area contributed by atoms with Crippen LogP contribution >= 0.6 is 0 Å². The number of hydrogen-bond acceptors (Lipinski definition) is 5. The van der Waals surface area contributed by atoms with Crippen LogP contribution in [0.25, 0.3) is 0 Å². The van der Waals surface area contributed by atoms with Gasteiger partial charge in [0.15, 0.2) is 0 Å². The second kappa shape index (κ2) is 11.1. The van der Waals surface area contributed by atoms with Gasteiger partial charge in [-0.3, -0.25) is 14.4 Å². The first kappa shape index (κ1) is 28.4. The van der Waals surface area contributed by atoms with Crippen molar-refractivity contribution < 1.29 is 24.2 Å². The van der Waals surface area contributed by atoms with E-state index in [4.69, 9.17) is 4.74 Å². The summed E-state index contributed by atoms with van der Waals surface area (Å²) in [5, 5.41) is 10.3. The third-order valence-corrected chi connectivity index (χ3v) is 8.50. The number of hydrogen-bond donors (Lipinski definition) is 1. The van der Waals surface area contributed by atoms with E-state index in [2.05, 4.69) is 20.1 Å². The Kier molecular flexibility index (Phi) is 8.71. The van der Waals surface area contributed by atoms with Crippen molar-refractivity contribution in [3.05, 3.63) is 25.3 Å². The lowest BCUT2D eigenvalue weighted by Gasteiger charge is -2.40. The molecule has 36 heavy (non-hydrogen) atoms. The Morgan fingerprint density at radius 1 is 1.19 bits per heavy atom. The van der Waals surface area contributed by atoms with E-state index < -0.39 is 35.1 Å². The molecule has 1 spiro atoms. The van der Waals surface area contributed by atoms with Gasteiger partial charge in [-0.15, -0.1) is 13.2 Å². The molecule has 1 N–H and O–H groups in total. The molecule has 3 saturated heterocycles. The number of aliphatic hydroxyl groups is 1. The molecule has 0 aromatic heterocycles. The van der Waals surface area contributed by atoms with Gasteiger partial charge in [-0.1, -0.05) is 45.8 Å². The number of likely N-dealkylation sites (tertiary alicyclic amines) is 1. The molecule has 6 atom stereocenters. The Morgan fingerprint density at radius 3 is 2.42 bits per heavy atom. The number of nitrogens with zero attached hydrogens (tertiary/aromatic N) is 3. The number of aliphatic hydroxyl groups excluding tert-OH is 1. The van der Waals surface area contributed by atoms with Crippen LogP contribution in [0.4, 0.5) is 0 Å². The molecule has 8 heteroatoms. The predicted octanol–water partition coefficient (Wildman–Crippen LogP) is 2.62. The third kappa shape index (κ3) is 4.51. The summed E-state index contributed by atoms with van der Waals surface area (Å²) < 4.78 is 6.71. The van der Waals surface area contributed by atoms with Crippen LogP contribution in [0.2, 0.25) is 0 Å². The van der Waals surface area contributed by atoms with Crippen molar-refractivity contribution in [3.8, 4) is 0 Å². The standard InChI is InChI=1S/C28H45N3O5/c1-8-11-12-17-30(16-10-3)26(35)23-28-14-13-27(6,36-28)21(24(33)29(7)15-9-2)22(28)25(34)31(23)20(18-32)19(4)5/h9-10,19-23,32H,2-3,8,11-18H2,1,4-7H3/t20-,21-,22-,23?,27+,28?/m0/s1. The molecule has 3 rings (SSSR count). The van der Waals surface area contributed by atoms with Crippen LogP contribution in [0.15, 0.2) is 25.3 Å². The van der Waals surface area contributed by atoms with E-state index >= 15 is 0 Å². The average molecular weight is 504 g/mol. The molecule has 2 bridgehead atoms. The van der Waals surface area contributed by atoms with Crippen LogP contribution in [0, 0.1) is 17.8 Å². The van der Waals surface area contributed by atoms with Crippen LogP contribution in [0.5, 0.6) is 0 Å². The summed E-state index contributed by atoms with van der Waals surface area (Å²) in [6, 6.07) is -1.44. The van der Waals surface area contributed by atoms with E-state index in [0.717, 1.165) is 19.3 Å². The molecule has 8 nitrogen and oxygen atoms in total. The molecule has 0 aromatic rings. The van der Waals surface area contributed by atoms with Gasteiger partial charge in [0.1, 0.15) is 11.6 Å². The highest BCUT2D eigenvalue weighted by Crippen LogP contribution is 2.64. The lowest BCUT2D eigenvalue weighted by molar-refractivity contribution is -0.157. The van der Waals surface area contributed by atoms with Crippen molar-refractivity contribution in [3.63, 3.8) is 0 Å². The molecule has 202 valence electrons. The van der Waals surface area contributed by atoms with Gasteiger partial charge < -0.3 is 24.5 Å². The molecular weight excluding hydrogens is 458 g/mol. The molecule has 0 aliphatic carbocycles. The summed E-state index contributed by atoms with van der Waals surface area (Å²) in [7, 11) is 1.70. The normalized spacial score (nSPS) is 31.5. The summed E-state index contributed by atoms with van der Waals surface area (Å²) in [5.41, 5.74) is -1.92. The maximum atomic E-state index is 14.3. The summed E-state index contributed by atoms with van der Waals surface area (Å²) >= 11 is 0. The smallest absolute Gasteiger partial charge is 0.248 e. The minimum Gasteiger partial charge on any atom is -0.394 e. The maximum Gasteiger partial charge on any atom is 0.248 e. The zero-order valence-corrected chi connectivity index (χ0v) is 22.7. The molecule has 0 radical (unpaired) electrons. The van der Waals surface area contributed by atoms with Crippen LogP contribution < -0.4 is 0 Å². The van der Waals surface area contributed by atoms with Crippen molar-refractivity contribution >= 4 is 17.7 Å². The zero-order valence-electron chi connectivity index (χ0n) is 22.7. The molecule has 0 saturated carbocycles. The van der Waals surface area contributed by atoms with Gasteiger partial charge in [-0.25, -0.2) is 0 Å². The van der Waals surface area contributed by atoms with Crippen molar-refractivity contribution in [2.24, 2.45) is 17.8 Å². The van der Waals surface area contributed by atoms with Crippen molar-refractivity contribution in [1.82, 2.24) is 14.7 Å². The number of likely N-dealkylation sites (N-methyl/N-ethyl adjacent to an activating group) is 1. The van der Waals surface area contributed by atoms with E-state index in [-0.39, 0.29) is 30.2 Å². The molecule has 3 aliphatic heterocycles. The monoisotopic (exact) mass is 503 g/mol. The lowest BCUT2D eigenvalue weighted by Crippen LogP contribution is -2.59. The fraction of sp³-hybridized carbons (Fsp3) is 0.750. The Bertz CT molecular complexity index is 875. The first-order chi connectivity index (χ1) is 17.0. The first-order valence-electron chi connectivity index (χ1n) is 13.4. The Hall–Kier alpha value is -2.19. The highest BCUT2D eigenvalue weighted by molar-refractivity contribution is 5.99. The van der Waals surface area contributed by atoms with Gasteiger partial charge in [0.05, 0.1) is 30.1 Å². The third-order valence-electron chi connectivity index (χ3n) is 8.50. The molecule has 0 aromatic carbocycles. The van der Waals surface area contributed by atoms with Crippen LogP contribution in [0.1, 0.15) is 59.8 Å². The van der Waals surface area contributed by atoms with E-state index in [1.165, 1.54) is 0 Å². The van der Waals surface area contributed by atoms with Crippen molar-refractivity contribution in [1.29, 1.82) is 0 Å². The summed E-state index contributed by atoms with van der Waals surface area (Å²) in [5.74, 6) is -2.15. The van der Waals surface area contributed by atoms with Gasteiger partial charge in [0.25, 0.3) is 0 Å². The number of carbonyl (C=O) groups excluding carboxylic acids is 3. The van der Waals surface area contributed by atoms with Crippen molar-refractivity contribution in [2.45, 2.75) is 83.1 Å². The van der Waals surface area contributed by atoms with Crippen molar-refractivity contribution in [2.75, 3.05) is 33.3 Å². The zero-order chi connectivity index (χ0) is 26.8. The quantitative estimate of drug-likeness (QED) is 0.308. The molecule has 2 unspecified atom stereocenters. The van der Waals surface area contributed by atoms with Gasteiger partial charge >= 0.3 is 0 Å². The van der Waals surface area contributed by atoms with Crippen LogP contribution in [-0.2, 0) is 19.1 Å². The number of fused-ring (bicyclic) bond motifs is 1. The van der Waals surface area contributed by atoms with Crippen LogP contribution in [0.3, 0.4) is 0 Å². The van der Waals surface area contributed by atoms with E-state index in [1.54, 1.807) is 33.9 Å². The molecular formula is C28H45N3O5. The fourth-order valence-electron chi connectivity index (χ4n) is 6.69. The second-order valence-electron chi connectivity index (χ2n) is 11.3. The predicted molar refractivity (Wildman–Crippen MR) is 139 cm³/mol. The summed E-state index contributed by atoms with van der Waals surface area (Å²) in [4.78, 5) is 47.1. The van der Waals surface area contributed by atoms with E-state index in [0.29, 0.717) is 32.5 Å². The minimum atomic E-state index is -1.09. The van der Waals surface area contributed by atoms with E-state index in [1.807, 2.05) is 20.8 Å². The largest absolute Gasteiger partial charge is 0.394 e. The molecule has 3 fully saturated rings. The lowest BCUT2D eigenvalue weighted by atomic mass is 9.66. The first-order valence-corrected chi connectivity index (χ1v) is 13.4. The summed E-state index contributed by atoms with van der Waals surface area (Å²) in [6.07, 6.45) is 7.35. The van der Waals surface area contributed by atoms with Gasteiger partial charge in [-0.2, -0.15) is 0 Å². The molecule has 3 amide bonds. The Balaban J connectivity index is 2.11.